The maximum absolute atomic E-state index is 11.9. The van der Waals surface area contributed by atoms with Gasteiger partial charge in [-0.2, -0.15) is 0 Å². The van der Waals surface area contributed by atoms with Crippen LogP contribution in [0.15, 0.2) is 17.1 Å². The molecule has 1 rings (SSSR count). The summed E-state index contributed by atoms with van der Waals surface area (Å²) in [6.45, 7) is 5.83. The van der Waals surface area contributed by atoms with E-state index in [0.717, 1.165) is 11.9 Å². The lowest BCUT2D eigenvalue weighted by Gasteiger charge is -2.22. The number of carbonyl (C=O) groups is 1. The molecule has 0 aliphatic heterocycles. The SMILES string of the molecule is Cn1cc(C(=O)NS(C)(=O)=O)c(=O)cc1C(C)(C)C. The Morgan fingerprint density at radius 3 is 2.26 bits per heavy atom. The number of nitrogens with one attached hydrogen (secondary N) is 1. The molecule has 1 amide bonds. The van der Waals surface area contributed by atoms with Crippen molar-refractivity contribution in [1.82, 2.24) is 9.29 Å². The Labute approximate surface area is 112 Å². The molecule has 1 N–H and O–H groups in total. The molecule has 0 bridgehead atoms. The van der Waals surface area contributed by atoms with Crippen LogP contribution in [0, 0.1) is 0 Å². The van der Waals surface area contributed by atoms with E-state index >= 15 is 0 Å². The Morgan fingerprint density at radius 2 is 1.84 bits per heavy atom. The standard InChI is InChI=1S/C12H18N2O4S/c1-12(2,3)10-6-9(15)8(7-14(10)4)11(16)13-19(5,17)18/h6-7H,1-5H3,(H,13,16). The molecule has 6 nitrogen and oxygen atoms in total. The van der Waals surface area contributed by atoms with Crippen molar-refractivity contribution < 1.29 is 13.2 Å². The van der Waals surface area contributed by atoms with Gasteiger partial charge in [-0.3, -0.25) is 9.59 Å². The van der Waals surface area contributed by atoms with Crippen LogP contribution >= 0.6 is 0 Å². The summed E-state index contributed by atoms with van der Waals surface area (Å²) < 4.78 is 25.4. The number of pyridine rings is 1. The van der Waals surface area contributed by atoms with Crippen molar-refractivity contribution in [3.05, 3.63) is 33.7 Å². The molecule has 0 fully saturated rings. The van der Waals surface area contributed by atoms with Gasteiger partial charge in [-0.05, 0) is 0 Å². The number of hydrogen-bond acceptors (Lipinski definition) is 4. The number of amides is 1. The van der Waals surface area contributed by atoms with Gasteiger partial charge in [0, 0.05) is 30.4 Å². The number of hydrogen-bond donors (Lipinski definition) is 1. The third kappa shape index (κ3) is 3.92. The van der Waals surface area contributed by atoms with Crippen LogP contribution in [0.2, 0.25) is 0 Å². The van der Waals surface area contributed by atoms with Crippen molar-refractivity contribution in [1.29, 1.82) is 0 Å². The summed E-state index contributed by atoms with van der Waals surface area (Å²) in [5.41, 5.74) is -0.182. The van der Waals surface area contributed by atoms with Crippen LogP contribution in [0.1, 0.15) is 36.8 Å². The van der Waals surface area contributed by atoms with E-state index in [1.807, 2.05) is 20.8 Å². The quantitative estimate of drug-likeness (QED) is 0.851. The first kappa shape index (κ1) is 15.4. The first-order valence-corrected chi connectivity index (χ1v) is 7.54. The van der Waals surface area contributed by atoms with Crippen LogP contribution < -0.4 is 10.2 Å². The molecule has 0 aliphatic carbocycles. The van der Waals surface area contributed by atoms with Crippen LogP contribution in [0.3, 0.4) is 0 Å². The number of nitrogens with zero attached hydrogens (tertiary/aromatic N) is 1. The lowest BCUT2D eigenvalue weighted by molar-refractivity contribution is 0.0979. The van der Waals surface area contributed by atoms with E-state index in [4.69, 9.17) is 0 Å². The van der Waals surface area contributed by atoms with Crippen LogP contribution in [-0.2, 0) is 22.5 Å². The fraction of sp³-hybridized carbons (Fsp3) is 0.500. The first-order valence-electron chi connectivity index (χ1n) is 5.65. The van der Waals surface area contributed by atoms with E-state index in [-0.39, 0.29) is 11.0 Å². The molecule has 0 spiro atoms. The molecule has 7 heteroatoms. The molecule has 19 heavy (non-hydrogen) atoms. The maximum atomic E-state index is 11.9. The minimum absolute atomic E-state index is 0.194. The molecule has 106 valence electrons. The van der Waals surface area contributed by atoms with Crippen molar-refractivity contribution in [2.45, 2.75) is 26.2 Å². The summed E-state index contributed by atoms with van der Waals surface area (Å²) in [6, 6.07) is 1.36. The van der Waals surface area contributed by atoms with Crippen molar-refractivity contribution in [3.63, 3.8) is 0 Å². The normalized spacial score (nSPS) is 12.3. The van der Waals surface area contributed by atoms with Crippen molar-refractivity contribution in [3.8, 4) is 0 Å². The highest BCUT2D eigenvalue weighted by Gasteiger charge is 2.21. The van der Waals surface area contributed by atoms with Gasteiger partial charge in [0.15, 0.2) is 5.43 Å². The van der Waals surface area contributed by atoms with Crippen molar-refractivity contribution >= 4 is 15.9 Å². The molecule has 1 aromatic rings. The highest BCUT2D eigenvalue weighted by molar-refractivity contribution is 7.89. The topological polar surface area (TPSA) is 85.2 Å². The van der Waals surface area contributed by atoms with Gasteiger partial charge in [0.05, 0.1) is 6.26 Å². The average molecular weight is 286 g/mol. The molecule has 0 saturated heterocycles. The fourth-order valence-electron chi connectivity index (χ4n) is 1.77. The van der Waals surface area contributed by atoms with Crippen LogP contribution in [0.25, 0.3) is 0 Å². The minimum Gasteiger partial charge on any atom is -0.353 e. The molecular weight excluding hydrogens is 268 g/mol. The Morgan fingerprint density at radius 1 is 1.32 bits per heavy atom. The molecular formula is C12H18N2O4S. The van der Waals surface area contributed by atoms with Gasteiger partial charge in [0.2, 0.25) is 10.0 Å². The van der Waals surface area contributed by atoms with Crippen molar-refractivity contribution in [2.75, 3.05) is 6.26 Å². The van der Waals surface area contributed by atoms with Gasteiger partial charge in [-0.15, -0.1) is 0 Å². The van der Waals surface area contributed by atoms with Crippen molar-refractivity contribution in [2.24, 2.45) is 7.05 Å². The van der Waals surface area contributed by atoms with Gasteiger partial charge < -0.3 is 4.57 Å². The minimum atomic E-state index is -3.69. The van der Waals surface area contributed by atoms with E-state index in [1.165, 1.54) is 12.3 Å². The Bertz CT molecular complexity index is 666. The molecule has 0 aliphatic rings. The number of aryl methyl sites for hydroxylation is 1. The largest absolute Gasteiger partial charge is 0.353 e. The Kier molecular flexibility index (Phi) is 3.90. The van der Waals surface area contributed by atoms with Crippen LogP contribution in [0.4, 0.5) is 0 Å². The lowest BCUT2D eigenvalue weighted by Crippen LogP contribution is -2.34. The van der Waals surface area contributed by atoms with Gasteiger partial charge in [-0.25, -0.2) is 13.1 Å². The highest BCUT2D eigenvalue weighted by Crippen LogP contribution is 2.20. The van der Waals surface area contributed by atoms with Crippen LogP contribution in [-0.4, -0.2) is 25.1 Å². The summed E-state index contributed by atoms with van der Waals surface area (Å²) in [5, 5.41) is 0. The number of carbonyl (C=O) groups excluding carboxylic acids is 1. The summed E-state index contributed by atoms with van der Waals surface area (Å²) in [4.78, 5) is 23.6. The number of aromatic nitrogens is 1. The molecule has 1 aromatic heterocycles. The van der Waals surface area contributed by atoms with E-state index in [1.54, 1.807) is 16.3 Å². The summed E-state index contributed by atoms with van der Waals surface area (Å²) >= 11 is 0. The molecule has 0 unspecified atom stereocenters. The van der Waals surface area contributed by atoms with Crippen LogP contribution in [0.5, 0.6) is 0 Å². The molecule has 1 heterocycles. The summed E-state index contributed by atoms with van der Waals surface area (Å²) in [6.07, 6.45) is 2.21. The Hall–Kier alpha value is -1.63. The molecule has 0 atom stereocenters. The number of sulfonamides is 1. The average Bonchev–Trinajstić information content (AvgIpc) is 2.16. The third-order valence-corrected chi connectivity index (χ3v) is 3.08. The summed E-state index contributed by atoms with van der Waals surface area (Å²) in [7, 11) is -1.98. The third-order valence-electron chi connectivity index (χ3n) is 2.53. The molecule has 0 aromatic carbocycles. The molecule has 0 saturated carbocycles. The zero-order chi connectivity index (χ0) is 15.0. The fourth-order valence-corrected chi connectivity index (χ4v) is 2.22. The Balaban J connectivity index is 3.32. The van der Waals surface area contributed by atoms with Gasteiger partial charge in [-0.1, -0.05) is 20.8 Å². The second kappa shape index (κ2) is 4.80. The summed E-state index contributed by atoms with van der Waals surface area (Å²) in [5.74, 6) is -0.913. The van der Waals surface area contributed by atoms with E-state index in [2.05, 4.69) is 0 Å². The molecule has 0 radical (unpaired) electrons. The van der Waals surface area contributed by atoms with Gasteiger partial charge >= 0.3 is 0 Å². The maximum Gasteiger partial charge on any atom is 0.270 e. The second-order valence-electron chi connectivity index (χ2n) is 5.50. The predicted octanol–water partition coefficient (Wildman–Crippen LogP) is 0.372. The number of rotatable bonds is 2. The predicted molar refractivity (Wildman–Crippen MR) is 72.7 cm³/mol. The van der Waals surface area contributed by atoms with Gasteiger partial charge in [0.25, 0.3) is 5.91 Å². The van der Waals surface area contributed by atoms with E-state index in [0.29, 0.717) is 0 Å². The van der Waals surface area contributed by atoms with E-state index in [9.17, 15) is 18.0 Å². The zero-order valence-electron chi connectivity index (χ0n) is 11.6. The zero-order valence-corrected chi connectivity index (χ0v) is 12.5. The highest BCUT2D eigenvalue weighted by atomic mass is 32.2. The lowest BCUT2D eigenvalue weighted by atomic mass is 9.91. The van der Waals surface area contributed by atoms with Gasteiger partial charge in [0.1, 0.15) is 5.56 Å². The second-order valence-corrected chi connectivity index (χ2v) is 7.25. The smallest absolute Gasteiger partial charge is 0.270 e. The van der Waals surface area contributed by atoms with E-state index < -0.39 is 21.4 Å². The monoisotopic (exact) mass is 286 g/mol. The first-order chi connectivity index (χ1) is 8.42.